The van der Waals surface area contributed by atoms with Crippen molar-refractivity contribution < 1.29 is 19.4 Å². The Balaban J connectivity index is 2.09. The topological polar surface area (TPSA) is 66.8 Å². The molecule has 2 atom stereocenters. The lowest BCUT2D eigenvalue weighted by Gasteiger charge is -2.24. The van der Waals surface area contributed by atoms with Gasteiger partial charge in [-0.15, -0.1) is 0 Å². The summed E-state index contributed by atoms with van der Waals surface area (Å²) >= 11 is 0. The Kier molecular flexibility index (Phi) is 3.85. The molecule has 0 spiro atoms. The van der Waals surface area contributed by atoms with Crippen molar-refractivity contribution in [3.05, 3.63) is 84.1 Å². The van der Waals surface area contributed by atoms with Crippen molar-refractivity contribution in [3.8, 4) is 0 Å². The van der Waals surface area contributed by atoms with Gasteiger partial charge in [-0.05, 0) is 11.1 Å². The lowest BCUT2D eigenvalue weighted by molar-refractivity contribution is -0.134. The van der Waals surface area contributed by atoms with Crippen LogP contribution in [0.2, 0.25) is 0 Å². The summed E-state index contributed by atoms with van der Waals surface area (Å²) in [4.78, 5) is 24.7. The van der Waals surface area contributed by atoms with Crippen LogP contribution in [0, 0.1) is 0 Å². The van der Waals surface area contributed by atoms with Gasteiger partial charge in [0.15, 0.2) is 6.10 Å². The Labute approximate surface area is 133 Å². The number of benzene rings is 2. The molecular weight excluding hydrogens is 294 g/mol. The molecule has 3 rings (SSSR count). The second kappa shape index (κ2) is 5.96. The number of carbonyl (C=O) groups is 2. The fourth-order valence-corrected chi connectivity index (χ4v) is 2.73. The maximum Gasteiger partial charge on any atom is 0.415 e. The Morgan fingerprint density at radius 3 is 2.04 bits per heavy atom. The third kappa shape index (κ3) is 2.68. The molecule has 2 aromatic rings. The highest BCUT2D eigenvalue weighted by atomic mass is 16.6. The molecule has 1 amide bonds. The van der Waals surface area contributed by atoms with Gasteiger partial charge in [0, 0.05) is 0 Å². The molecule has 0 aliphatic carbocycles. The van der Waals surface area contributed by atoms with Gasteiger partial charge >= 0.3 is 12.1 Å². The van der Waals surface area contributed by atoms with E-state index in [1.165, 1.54) is 0 Å². The predicted octanol–water partition coefficient (Wildman–Crippen LogP) is 3.52. The lowest BCUT2D eigenvalue weighted by atomic mass is 9.95. The zero-order valence-corrected chi connectivity index (χ0v) is 12.3. The van der Waals surface area contributed by atoms with Gasteiger partial charge in [0.05, 0.1) is 0 Å². The number of hydrogen-bond donors (Lipinski definition) is 1. The average Bonchev–Trinajstić information content (AvgIpc) is 2.93. The number of carboxylic acids is 1. The molecular formula is C18H15NO4. The van der Waals surface area contributed by atoms with Crippen LogP contribution in [0.3, 0.4) is 0 Å². The van der Waals surface area contributed by atoms with E-state index in [1.54, 1.807) is 0 Å². The van der Waals surface area contributed by atoms with Crippen molar-refractivity contribution in [1.82, 2.24) is 4.90 Å². The molecule has 1 aliphatic heterocycles. The fraction of sp³-hybridized carbons (Fsp3) is 0.111. The molecule has 1 fully saturated rings. The molecule has 5 heteroatoms. The molecule has 1 aliphatic rings. The van der Waals surface area contributed by atoms with Crippen LogP contribution in [-0.2, 0) is 9.53 Å². The number of aliphatic carboxylic acids is 1. The van der Waals surface area contributed by atoms with Gasteiger partial charge in [0.1, 0.15) is 11.7 Å². The van der Waals surface area contributed by atoms with Crippen molar-refractivity contribution in [3.63, 3.8) is 0 Å². The Hall–Kier alpha value is -3.08. The maximum absolute atomic E-state index is 12.3. The third-order valence-corrected chi connectivity index (χ3v) is 3.80. The minimum absolute atomic E-state index is 0.303. The number of cyclic esters (lactones) is 1. The molecule has 0 unspecified atom stereocenters. The average molecular weight is 309 g/mol. The molecule has 1 N–H and O–H groups in total. The first-order chi connectivity index (χ1) is 11.1. The number of hydrogen-bond acceptors (Lipinski definition) is 3. The Bertz CT molecular complexity index is 742. The lowest BCUT2D eigenvalue weighted by Crippen LogP contribution is -2.30. The van der Waals surface area contributed by atoms with E-state index in [2.05, 4.69) is 6.58 Å². The van der Waals surface area contributed by atoms with Crippen LogP contribution in [0.5, 0.6) is 0 Å². The highest BCUT2D eigenvalue weighted by Gasteiger charge is 2.46. The van der Waals surface area contributed by atoms with E-state index < -0.39 is 24.2 Å². The monoisotopic (exact) mass is 309 g/mol. The number of rotatable bonds is 4. The third-order valence-electron chi connectivity index (χ3n) is 3.80. The number of carbonyl (C=O) groups excluding carboxylic acids is 1. The van der Waals surface area contributed by atoms with Gasteiger partial charge in [0.2, 0.25) is 0 Å². The standard InChI is InChI=1S/C18H15NO4/c1-12(17(20)21)19-15(13-8-4-2-5-9-13)16(23-18(19)22)14-10-6-3-7-11-14/h2-11,15-16H,1H2,(H,20,21)/t15-,16+/m0/s1. The molecule has 0 radical (unpaired) electrons. The molecule has 116 valence electrons. The summed E-state index contributed by atoms with van der Waals surface area (Å²) < 4.78 is 5.46. The quantitative estimate of drug-likeness (QED) is 0.878. The van der Waals surface area contributed by atoms with Gasteiger partial charge in [-0.25, -0.2) is 9.59 Å². The normalized spacial score (nSPS) is 20.2. The van der Waals surface area contributed by atoms with Gasteiger partial charge in [-0.2, -0.15) is 0 Å². The maximum atomic E-state index is 12.3. The highest BCUT2D eigenvalue weighted by molar-refractivity contribution is 5.91. The van der Waals surface area contributed by atoms with Crippen LogP contribution in [0.4, 0.5) is 4.79 Å². The Morgan fingerprint density at radius 1 is 1.00 bits per heavy atom. The summed E-state index contributed by atoms with van der Waals surface area (Å²) in [5.41, 5.74) is 1.28. The van der Waals surface area contributed by atoms with E-state index in [9.17, 15) is 14.7 Å². The second-order valence-corrected chi connectivity index (χ2v) is 5.19. The fourth-order valence-electron chi connectivity index (χ4n) is 2.73. The van der Waals surface area contributed by atoms with Crippen molar-refractivity contribution >= 4 is 12.1 Å². The molecule has 1 heterocycles. The zero-order chi connectivity index (χ0) is 16.4. The molecule has 5 nitrogen and oxygen atoms in total. The Morgan fingerprint density at radius 2 is 1.52 bits per heavy atom. The first kappa shape index (κ1) is 14.8. The summed E-state index contributed by atoms with van der Waals surface area (Å²) in [5, 5.41) is 9.23. The SMILES string of the molecule is C=C(C(=O)O)N1C(=O)O[C@H](c2ccccc2)[C@@H]1c1ccccc1. The van der Waals surface area contributed by atoms with Gasteiger partial charge in [-0.3, -0.25) is 4.90 Å². The van der Waals surface area contributed by atoms with Crippen molar-refractivity contribution in [2.24, 2.45) is 0 Å². The van der Waals surface area contributed by atoms with Crippen LogP contribution in [0.1, 0.15) is 23.3 Å². The largest absolute Gasteiger partial charge is 0.477 e. The van der Waals surface area contributed by atoms with Crippen LogP contribution < -0.4 is 0 Å². The molecule has 1 saturated heterocycles. The number of amides is 1. The van der Waals surface area contributed by atoms with E-state index in [-0.39, 0.29) is 5.70 Å². The summed E-state index contributed by atoms with van der Waals surface area (Å²) in [7, 11) is 0. The summed E-state index contributed by atoms with van der Waals surface area (Å²) in [6.07, 6.45) is -1.30. The molecule has 0 saturated carbocycles. The van der Waals surface area contributed by atoms with Gasteiger partial charge < -0.3 is 9.84 Å². The summed E-state index contributed by atoms with van der Waals surface area (Å²) in [5.74, 6) is -1.25. The summed E-state index contributed by atoms with van der Waals surface area (Å²) in [6, 6.07) is 17.9. The van der Waals surface area contributed by atoms with Crippen molar-refractivity contribution in [1.29, 1.82) is 0 Å². The first-order valence-corrected chi connectivity index (χ1v) is 7.11. The predicted molar refractivity (Wildman–Crippen MR) is 83.5 cm³/mol. The number of carboxylic acid groups (broad SMARTS) is 1. The van der Waals surface area contributed by atoms with Crippen molar-refractivity contribution in [2.45, 2.75) is 12.1 Å². The number of nitrogens with zero attached hydrogens (tertiary/aromatic N) is 1. The van der Waals surface area contributed by atoms with Crippen LogP contribution >= 0.6 is 0 Å². The van der Waals surface area contributed by atoms with E-state index in [4.69, 9.17) is 4.74 Å². The van der Waals surface area contributed by atoms with Gasteiger partial charge in [0.25, 0.3) is 0 Å². The second-order valence-electron chi connectivity index (χ2n) is 5.19. The van der Waals surface area contributed by atoms with Crippen LogP contribution in [0.15, 0.2) is 72.9 Å². The van der Waals surface area contributed by atoms with E-state index in [0.717, 1.165) is 16.0 Å². The molecule has 0 aromatic heterocycles. The van der Waals surface area contributed by atoms with Crippen LogP contribution in [-0.4, -0.2) is 22.1 Å². The first-order valence-electron chi connectivity index (χ1n) is 7.11. The minimum Gasteiger partial charge on any atom is -0.477 e. The van der Waals surface area contributed by atoms with E-state index in [1.807, 2.05) is 60.7 Å². The van der Waals surface area contributed by atoms with E-state index in [0.29, 0.717) is 0 Å². The van der Waals surface area contributed by atoms with E-state index >= 15 is 0 Å². The smallest absolute Gasteiger partial charge is 0.415 e. The van der Waals surface area contributed by atoms with Crippen molar-refractivity contribution in [2.75, 3.05) is 0 Å². The number of ether oxygens (including phenoxy) is 1. The van der Waals surface area contributed by atoms with Crippen LogP contribution in [0.25, 0.3) is 0 Å². The zero-order valence-electron chi connectivity index (χ0n) is 12.3. The van der Waals surface area contributed by atoms with Gasteiger partial charge in [-0.1, -0.05) is 67.2 Å². The molecule has 0 bridgehead atoms. The highest BCUT2D eigenvalue weighted by Crippen LogP contribution is 2.44. The summed E-state index contributed by atoms with van der Waals surface area (Å²) in [6.45, 7) is 3.52. The minimum atomic E-state index is -1.25. The molecule has 2 aromatic carbocycles. The molecule has 23 heavy (non-hydrogen) atoms.